The summed E-state index contributed by atoms with van der Waals surface area (Å²) in [5.41, 5.74) is 1.15. The molecule has 3 nitrogen and oxygen atoms in total. The van der Waals surface area contributed by atoms with Gasteiger partial charge >= 0.3 is 6.18 Å². The van der Waals surface area contributed by atoms with E-state index < -0.39 is 17.9 Å². The summed E-state index contributed by atoms with van der Waals surface area (Å²) >= 11 is 0. The first-order chi connectivity index (χ1) is 15.9. The van der Waals surface area contributed by atoms with E-state index in [1.54, 1.807) is 0 Å². The minimum Gasteiger partial charge on any atom is -0.388 e. The highest BCUT2D eigenvalue weighted by molar-refractivity contribution is 5.38. The summed E-state index contributed by atoms with van der Waals surface area (Å²) in [6.07, 6.45) is 8.21. The maximum Gasteiger partial charge on any atom is 0.418 e. The lowest BCUT2D eigenvalue weighted by Crippen LogP contribution is -2.57. The highest BCUT2D eigenvalue weighted by Crippen LogP contribution is 2.58. The normalized spacial score (nSPS) is 42.4. The Kier molecular flexibility index (Phi) is 7.44. The molecule has 34 heavy (non-hydrogen) atoms. The molecular formula is C28H42F3NO2. The van der Waals surface area contributed by atoms with Crippen LogP contribution in [0.15, 0.2) is 35.5 Å². The summed E-state index contributed by atoms with van der Waals surface area (Å²) in [4.78, 5) is 1.83. The third kappa shape index (κ3) is 4.92. The van der Waals surface area contributed by atoms with Gasteiger partial charge in [0.05, 0.1) is 6.10 Å². The summed E-state index contributed by atoms with van der Waals surface area (Å²) in [6.45, 7) is 9.57. The molecule has 4 fully saturated rings. The molecule has 0 amide bonds. The van der Waals surface area contributed by atoms with Crippen LogP contribution < -0.4 is 0 Å². The van der Waals surface area contributed by atoms with Gasteiger partial charge in [-0.05, 0) is 112 Å². The fourth-order valence-electron chi connectivity index (χ4n) is 7.34. The second kappa shape index (κ2) is 9.74. The van der Waals surface area contributed by atoms with Gasteiger partial charge in [-0.1, -0.05) is 38.2 Å². The molecule has 1 aliphatic heterocycles. The van der Waals surface area contributed by atoms with E-state index in [4.69, 9.17) is 0 Å². The van der Waals surface area contributed by atoms with Gasteiger partial charge in [-0.3, -0.25) is 0 Å². The Hall–Kier alpha value is -1.11. The smallest absolute Gasteiger partial charge is 0.388 e. The number of aliphatic hydroxyl groups is 2. The van der Waals surface area contributed by atoms with Crippen molar-refractivity contribution in [3.8, 4) is 0 Å². The summed E-state index contributed by atoms with van der Waals surface area (Å²) in [6, 6.07) is 0. The highest BCUT2D eigenvalue weighted by Gasteiger charge is 2.55. The Morgan fingerprint density at radius 2 is 1.88 bits per heavy atom. The third-order valence-electron chi connectivity index (χ3n) is 9.71. The van der Waals surface area contributed by atoms with Crippen LogP contribution in [0.5, 0.6) is 0 Å². The molecule has 3 saturated carbocycles. The lowest BCUT2D eigenvalue weighted by Gasteiger charge is -2.44. The maximum absolute atomic E-state index is 13.3. The van der Waals surface area contributed by atoms with E-state index in [9.17, 15) is 23.4 Å². The van der Waals surface area contributed by atoms with E-state index in [1.807, 2.05) is 4.90 Å². The van der Waals surface area contributed by atoms with Gasteiger partial charge in [-0.25, -0.2) is 0 Å². The van der Waals surface area contributed by atoms with E-state index >= 15 is 0 Å². The largest absolute Gasteiger partial charge is 0.418 e. The molecule has 1 heterocycles. The number of likely N-dealkylation sites (tertiary alicyclic amines) is 1. The predicted molar refractivity (Wildman–Crippen MR) is 129 cm³/mol. The summed E-state index contributed by atoms with van der Waals surface area (Å²) in [5.74, 6) is 1.29. The highest BCUT2D eigenvalue weighted by atomic mass is 19.4. The fraction of sp³-hybridized carbons (Fsp3) is 0.786. The Morgan fingerprint density at radius 3 is 2.62 bits per heavy atom. The van der Waals surface area contributed by atoms with Crippen LogP contribution in [0.2, 0.25) is 0 Å². The average Bonchev–Trinajstić information content (AvgIpc) is 3.11. The minimum absolute atomic E-state index is 0.191. The lowest BCUT2D eigenvalue weighted by molar-refractivity contribution is -0.274. The summed E-state index contributed by atoms with van der Waals surface area (Å²) in [5, 5.41) is 20.5. The van der Waals surface area contributed by atoms with Crippen LogP contribution in [0.1, 0.15) is 78.1 Å². The van der Waals surface area contributed by atoms with Crippen molar-refractivity contribution in [2.75, 3.05) is 19.6 Å². The molecule has 0 bridgehead atoms. The van der Waals surface area contributed by atoms with Crippen LogP contribution in [0.4, 0.5) is 13.2 Å². The number of hydrogen-bond donors (Lipinski definition) is 2. The zero-order chi connectivity index (χ0) is 24.7. The van der Waals surface area contributed by atoms with Crippen LogP contribution in [-0.4, -0.2) is 52.6 Å². The molecule has 0 radical (unpaired) electrons. The number of fused-ring (bicyclic) bond motifs is 1. The molecule has 5 unspecified atom stereocenters. The van der Waals surface area contributed by atoms with Crippen molar-refractivity contribution in [3.63, 3.8) is 0 Å². The molecule has 4 rings (SSSR count). The van der Waals surface area contributed by atoms with E-state index in [0.717, 1.165) is 50.5 Å². The number of halogens is 3. The molecule has 3 aliphatic carbocycles. The minimum atomic E-state index is -4.56. The van der Waals surface area contributed by atoms with Crippen molar-refractivity contribution in [1.82, 2.24) is 4.90 Å². The van der Waals surface area contributed by atoms with Gasteiger partial charge in [0.15, 0.2) is 5.60 Å². The molecule has 0 aromatic carbocycles. The number of aliphatic hydroxyl groups excluding tert-OH is 1. The van der Waals surface area contributed by atoms with Crippen LogP contribution in [-0.2, 0) is 0 Å². The Labute approximate surface area is 202 Å². The molecule has 6 atom stereocenters. The van der Waals surface area contributed by atoms with Crippen molar-refractivity contribution >= 4 is 0 Å². The first-order valence-electron chi connectivity index (χ1n) is 13.2. The Balaban J connectivity index is 1.40. The molecule has 4 aliphatic rings. The van der Waals surface area contributed by atoms with Crippen LogP contribution in [0, 0.1) is 23.2 Å². The van der Waals surface area contributed by atoms with Crippen LogP contribution in [0.3, 0.4) is 0 Å². The van der Waals surface area contributed by atoms with E-state index in [-0.39, 0.29) is 24.3 Å². The van der Waals surface area contributed by atoms with Gasteiger partial charge in [-0.15, -0.1) is 0 Å². The number of rotatable bonds is 4. The van der Waals surface area contributed by atoms with Crippen molar-refractivity contribution < 1.29 is 23.4 Å². The SMILES string of the molecule is C=C1/C(=C\C=C2/CCCC3(C)C(CCN4CCCC(O)(C(F)(F)F)C4)CCC23)CC[C@H](C)C1O. The number of β-amino-alcohol motifs (C(OH)–C–C–N with tert-alkyl or cyclic N) is 1. The zero-order valence-corrected chi connectivity index (χ0v) is 20.8. The topological polar surface area (TPSA) is 43.7 Å². The predicted octanol–water partition coefficient (Wildman–Crippen LogP) is 6.18. The number of piperidine rings is 1. The molecule has 6 heteroatoms. The summed E-state index contributed by atoms with van der Waals surface area (Å²) < 4.78 is 40.0. The van der Waals surface area contributed by atoms with Gasteiger partial charge in [0.1, 0.15) is 0 Å². The molecule has 0 spiro atoms. The number of allylic oxidation sites excluding steroid dienone is 3. The summed E-state index contributed by atoms with van der Waals surface area (Å²) in [7, 11) is 0. The van der Waals surface area contributed by atoms with Gasteiger partial charge < -0.3 is 15.1 Å². The van der Waals surface area contributed by atoms with Crippen molar-refractivity contribution in [2.45, 2.75) is 95.9 Å². The van der Waals surface area contributed by atoms with Gasteiger partial charge in [-0.2, -0.15) is 13.2 Å². The lowest BCUT2D eigenvalue weighted by atomic mass is 9.63. The average molecular weight is 482 g/mol. The Bertz CT molecular complexity index is 834. The number of nitrogens with zero attached hydrogens (tertiary/aromatic N) is 1. The van der Waals surface area contributed by atoms with Crippen LogP contribution >= 0.6 is 0 Å². The Morgan fingerprint density at radius 1 is 1.12 bits per heavy atom. The molecule has 1 saturated heterocycles. The van der Waals surface area contributed by atoms with Gasteiger partial charge in [0.25, 0.3) is 0 Å². The molecule has 2 N–H and O–H groups in total. The molecule has 0 aromatic rings. The monoisotopic (exact) mass is 481 g/mol. The second-order valence-electron chi connectivity index (χ2n) is 11.8. The van der Waals surface area contributed by atoms with Crippen molar-refractivity contribution in [1.29, 1.82) is 0 Å². The van der Waals surface area contributed by atoms with Gasteiger partial charge in [0.2, 0.25) is 0 Å². The van der Waals surface area contributed by atoms with Crippen molar-refractivity contribution in [2.24, 2.45) is 23.2 Å². The first kappa shape index (κ1) is 26.0. The number of hydrogen-bond acceptors (Lipinski definition) is 3. The van der Waals surface area contributed by atoms with E-state index in [2.05, 4.69) is 32.6 Å². The standard InChI is InChI=1S/C28H42F3NO2/c1-19-7-8-21(20(2)25(19)33)9-10-22-6-4-14-26(3)23(11-12-24(22)26)13-17-32-16-5-15-27(34,18-32)28(29,30)31/h9-10,19,23-25,33-34H,2,4-8,11-18H2,1,3H3/b21-9-,22-10+/t19-,23?,24?,25?,26?,27?/m0/s1. The van der Waals surface area contributed by atoms with E-state index in [1.165, 1.54) is 17.6 Å². The van der Waals surface area contributed by atoms with Crippen molar-refractivity contribution in [3.05, 3.63) is 35.5 Å². The van der Waals surface area contributed by atoms with Crippen LogP contribution in [0.25, 0.3) is 0 Å². The quantitative estimate of drug-likeness (QED) is 0.504. The maximum atomic E-state index is 13.3. The molecule has 192 valence electrons. The molecule has 0 aromatic heterocycles. The molecular weight excluding hydrogens is 439 g/mol. The van der Waals surface area contributed by atoms with E-state index in [0.29, 0.717) is 31.3 Å². The third-order valence-corrected chi connectivity index (χ3v) is 9.71. The zero-order valence-electron chi connectivity index (χ0n) is 20.8. The first-order valence-corrected chi connectivity index (χ1v) is 13.2. The fourth-order valence-corrected chi connectivity index (χ4v) is 7.34. The number of alkyl halides is 3. The van der Waals surface area contributed by atoms with Gasteiger partial charge in [0, 0.05) is 6.54 Å². The second-order valence-corrected chi connectivity index (χ2v) is 11.8.